The molecule has 0 fully saturated rings. The zero-order valence-corrected chi connectivity index (χ0v) is 12.7. The largest absolute Gasteiger partial charge is 0.457 e. The lowest BCUT2D eigenvalue weighted by atomic mass is 9.87. The number of nitrogens with one attached hydrogen (secondary N) is 1. The Morgan fingerprint density at radius 3 is 2.12 bits per heavy atom. The molecule has 0 radical (unpaired) electrons. The Morgan fingerprint density at radius 2 is 1.50 bits per heavy atom. The fourth-order valence-corrected chi connectivity index (χ4v) is 2.97. The van der Waals surface area contributed by atoms with E-state index < -0.39 is 5.92 Å². The molecule has 3 nitrogen and oxygen atoms in total. The number of rotatable bonds is 2. The highest BCUT2D eigenvalue weighted by Gasteiger charge is 2.32. The summed E-state index contributed by atoms with van der Waals surface area (Å²) in [6, 6.07) is 20.8. The summed E-state index contributed by atoms with van der Waals surface area (Å²) in [4.78, 5) is 12.9. The molecular weight excluding hydrogens is 305 g/mol. The Morgan fingerprint density at radius 1 is 0.875 bits per heavy atom. The quantitative estimate of drug-likeness (QED) is 0.743. The highest BCUT2D eigenvalue weighted by Crippen LogP contribution is 2.44. The number of benzene rings is 3. The maximum atomic E-state index is 13.4. The molecule has 1 N–H and O–H groups in total. The third kappa shape index (κ3) is 2.52. The van der Waals surface area contributed by atoms with Crippen molar-refractivity contribution >= 4 is 11.6 Å². The van der Waals surface area contributed by atoms with Gasteiger partial charge in [-0.15, -0.1) is 0 Å². The van der Waals surface area contributed by atoms with Crippen LogP contribution in [0.15, 0.2) is 72.8 Å². The van der Waals surface area contributed by atoms with Crippen molar-refractivity contribution in [3.8, 4) is 11.5 Å². The van der Waals surface area contributed by atoms with Crippen molar-refractivity contribution in [2.45, 2.75) is 5.92 Å². The summed E-state index contributed by atoms with van der Waals surface area (Å²) in [5.74, 6) is 0.213. The maximum Gasteiger partial charge on any atom is 0.236 e. The van der Waals surface area contributed by atoms with Gasteiger partial charge >= 0.3 is 0 Å². The highest BCUT2D eigenvalue weighted by molar-refractivity contribution is 5.99. The smallest absolute Gasteiger partial charge is 0.236 e. The van der Waals surface area contributed by atoms with Crippen LogP contribution in [0.25, 0.3) is 0 Å². The molecule has 0 unspecified atom stereocenters. The Hall–Kier alpha value is -3.14. The molecule has 0 spiro atoms. The number of carbonyl (C=O) groups excluding carboxylic acids is 1. The van der Waals surface area contributed by atoms with Crippen LogP contribution >= 0.6 is 0 Å². The first kappa shape index (κ1) is 14.5. The van der Waals surface area contributed by atoms with Crippen LogP contribution in [0.2, 0.25) is 0 Å². The van der Waals surface area contributed by atoms with Crippen molar-refractivity contribution in [3.63, 3.8) is 0 Å². The monoisotopic (exact) mass is 319 g/mol. The lowest BCUT2D eigenvalue weighted by Gasteiger charge is -2.27. The predicted molar refractivity (Wildman–Crippen MR) is 89.8 cm³/mol. The number of hydrogen-bond donors (Lipinski definition) is 1. The predicted octanol–water partition coefficient (Wildman–Crippen LogP) is 4.70. The fraction of sp³-hybridized carbons (Fsp3) is 0.0500. The van der Waals surface area contributed by atoms with E-state index in [9.17, 15) is 9.18 Å². The van der Waals surface area contributed by atoms with Gasteiger partial charge in [0.25, 0.3) is 0 Å². The van der Waals surface area contributed by atoms with E-state index in [1.165, 1.54) is 12.1 Å². The lowest BCUT2D eigenvalue weighted by molar-refractivity contribution is -0.116. The van der Waals surface area contributed by atoms with Gasteiger partial charge in [-0.2, -0.15) is 0 Å². The average Bonchev–Trinajstić information content (AvgIpc) is 2.59. The summed E-state index contributed by atoms with van der Waals surface area (Å²) >= 11 is 0. The molecule has 1 aliphatic heterocycles. The fourth-order valence-electron chi connectivity index (χ4n) is 2.97. The molecule has 1 amide bonds. The van der Waals surface area contributed by atoms with Crippen molar-refractivity contribution < 1.29 is 13.9 Å². The number of ether oxygens (including phenoxy) is 1. The number of halogens is 1. The first-order chi connectivity index (χ1) is 11.7. The molecule has 3 aromatic carbocycles. The molecule has 0 bridgehead atoms. The van der Waals surface area contributed by atoms with E-state index in [4.69, 9.17) is 4.74 Å². The molecule has 1 heterocycles. The summed E-state index contributed by atoms with van der Waals surface area (Å²) in [5, 5.41) is 2.80. The Labute approximate surface area is 138 Å². The molecule has 0 aliphatic carbocycles. The van der Waals surface area contributed by atoms with Crippen LogP contribution in [-0.4, -0.2) is 5.91 Å². The van der Waals surface area contributed by atoms with Crippen molar-refractivity contribution in [1.82, 2.24) is 0 Å². The minimum Gasteiger partial charge on any atom is -0.457 e. The van der Waals surface area contributed by atoms with Gasteiger partial charge in [-0.3, -0.25) is 4.79 Å². The SMILES string of the molecule is O=C(Nc1cccc(F)c1)C1c2ccccc2Oc2ccccc21. The normalized spacial score (nSPS) is 12.7. The molecule has 4 rings (SSSR count). The molecule has 0 saturated carbocycles. The average molecular weight is 319 g/mol. The summed E-state index contributed by atoms with van der Waals surface area (Å²) in [7, 11) is 0. The van der Waals surface area contributed by atoms with Crippen molar-refractivity contribution in [3.05, 3.63) is 89.7 Å². The summed E-state index contributed by atoms with van der Waals surface area (Å²) in [6.07, 6.45) is 0. The first-order valence-corrected chi connectivity index (χ1v) is 7.64. The Balaban J connectivity index is 1.75. The van der Waals surface area contributed by atoms with E-state index in [-0.39, 0.29) is 11.7 Å². The molecule has 0 aromatic heterocycles. The van der Waals surface area contributed by atoms with Gasteiger partial charge in [0.2, 0.25) is 5.91 Å². The zero-order chi connectivity index (χ0) is 16.5. The van der Waals surface area contributed by atoms with Crippen LogP contribution in [0.5, 0.6) is 11.5 Å². The third-order valence-electron chi connectivity index (χ3n) is 4.03. The van der Waals surface area contributed by atoms with Crippen molar-refractivity contribution in [2.24, 2.45) is 0 Å². The number of amides is 1. The van der Waals surface area contributed by atoms with E-state index in [0.717, 1.165) is 11.1 Å². The molecule has 4 heteroatoms. The Kier molecular flexibility index (Phi) is 3.50. The topological polar surface area (TPSA) is 38.3 Å². The first-order valence-electron chi connectivity index (χ1n) is 7.64. The van der Waals surface area contributed by atoms with Crippen LogP contribution in [0.1, 0.15) is 17.0 Å². The second kappa shape index (κ2) is 5.81. The number of para-hydroxylation sites is 2. The highest BCUT2D eigenvalue weighted by atomic mass is 19.1. The lowest BCUT2D eigenvalue weighted by Crippen LogP contribution is -2.25. The number of carbonyl (C=O) groups is 1. The maximum absolute atomic E-state index is 13.4. The number of hydrogen-bond acceptors (Lipinski definition) is 2. The standard InChI is InChI=1S/C20H14FNO2/c21-13-6-5-7-14(12-13)22-20(23)19-15-8-1-3-10-17(15)24-18-11-4-2-9-16(18)19/h1-12,19H,(H,22,23). The van der Waals surface area contributed by atoms with E-state index in [1.807, 2.05) is 48.5 Å². The number of anilines is 1. The van der Waals surface area contributed by atoms with Gasteiger partial charge in [0.1, 0.15) is 17.3 Å². The van der Waals surface area contributed by atoms with E-state index in [2.05, 4.69) is 5.32 Å². The van der Waals surface area contributed by atoms with Gasteiger partial charge in [-0.1, -0.05) is 42.5 Å². The summed E-state index contributed by atoms with van der Waals surface area (Å²) < 4.78 is 19.3. The molecular formula is C20H14FNO2. The van der Waals surface area contributed by atoms with Crippen molar-refractivity contribution in [1.29, 1.82) is 0 Å². The van der Waals surface area contributed by atoms with Crippen LogP contribution in [0, 0.1) is 5.82 Å². The second-order valence-electron chi connectivity index (χ2n) is 5.61. The summed E-state index contributed by atoms with van der Waals surface area (Å²) in [5.41, 5.74) is 2.02. The van der Waals surface area contributed by atoms with Gasteiger partial charge in [0.05, 0.1) is 5.92 Å². The van der Waals surface area contributed by atoms with Crippen LogP contribution in [-0.2, 0) is 4.79 Å². The number of fused-ring (bicyclic) bond motifs is 2. The third-order valence-corrected chi connectivity index (χ3v) is 4.03. The van der Waals surface area contributed by atoms with Gasteiger partial charge in [0.15, 0.2) is 0 Å². The van der Waals surface area contributed by atoms with Crippen LogP contribution in [0.4, 0.5) is 10.1 Å². The zero-order valence-electron chi connectivity index (χ0n) is 12.7. The minimum absolute atomic E-state index is 0.219. The van der Waals surface area contributed by atoms with Gasteiger partial charge in [-0.05, 0) is 30.3 Å². The molecule has 118 valence electrons. The van der Waals surface area contributed by atoms with Gasteiger partial charge in [-0.25, -0.2) is 4.39 Å². The molecule has 0 atom stereocenters. The molecule has 3 aromatic rings. The molecule has 24 heavy (non-hydrogen) atoms. The second-order valence-corrected chi connectivity index (χ2v) is 5.61. The van der Waals surface area contributed by atoms with E-state index in [1.54, 1.807) is 12.1 Å². The van der Waals surface area contributed by atoms with Crippen LogP contribution in [0.3, 0.4) is 0 Å². The molecule has 1 aliphatic rings. The molecule has 0 saturated heterocycles. The van der Waals surface area contributed by atoms with E-state index >= 15 is 0 Å². The van der Waals surface area contributed by atoms with Crippen molar-refractivity contribution in [2.75, 3.05) is 5.32 Å². The van der Waals surface area contributed by atoms with Crippen LogP contribution < -0.4 is 10.1 Å². The minimum atomic E-state index is -0.505. The van der Waals surface area contributed by atoms with Gasteiger partial charge < -0.3 is 10.1 Å². The summed E-state index contributed by atoms with van der Waals surface area (Å²) in [6.45, 7) is 0. The Bertz CT molecular complexity index is 877. The van der Waals surface area contributed by atoms with E-state index in [0.29, 0.717) is 17.2 Å². The van der Waals surface area contributed by atoms with Gasteiger partial charge in [0, 0.05) is 16.8 Å².